The SMILES string of the molecule is COC(=O)c1cnc(N2CCCN(C)CC2)s1. The number of anilines is 1. The smallest absolute Gasteiger partial charge is 0.349 e. The van der Waals surface area contributed by atoms with Gasteiger partial charge in [-0.25, -0.2) is 9.78 Å². The van der Waals surface area contributed by atoms with Crippen molar-refractivity contribution in [3.05, 3.63) is 11.1 Å². The summed E-state index contributed by atoms with van der Waals surface area (Å²) in [6.07, 6.45) is 2.73. The quantitative estimate of drug-likeness (QED) is 0.740. The van der Waals surface area contributed by atoms with Gasteiger partial charge in [0.2, 0.25) is 0 Å². The number of aromatic nitrogens is 1. The van der Waals surface area contributed by atoms with Crippen LogP contribution in [0, 0.1) is 0 Å². The second-order valence-electron chi connectivity index (χ2n) is 4.14. The van der Waals surface area contributed by atoms with Gasteiger partial charge < -0.3 is 14.5 Å². The first kappa shape index (κ1) is 12.3. The van der Waals surface area contributed by atoms with Crippen LogP contribution in [0.5, 0.6) is 0 Å². The van der Waals surface area contributed by atoms with Gasteiger partial charge in [-0.1, -0.05) is 11.3 Å². The molecule has 2 heterocycles. The Labute approximate surface area is 105 Å². The first-order valence-corrected chi connectivity index (χ1v) is 6.50. The van der Waals surface area contributed by atoms with Crippen LogP contribution in [0.25, 0.3) is 0 Å². The van der Waals surface area contributed by atoms with E-state index >= 15 is 0 Å². The number of likely N-dealkylation sites (N-methyl/N-ethyl adjacent to an activating group) is 1. The van der Waals surface area contributed by atoms with Gasteiger partial charge in [-0.2, -0.15) is 0 Å². The fraction of sp³-hybridized carbons (Fsp3) is 0.636. The third-order valence-electron chi connectivity index (χ3n) is 2.87. The van der Waals surface area contributed by atoms with Crippen LogP contribution in [0.1, 0.15) is 16.1 Å². The molecule has 0 aromatic carbocycles. The third kappa shape index (κ3) is 2.95. The number of thiazole rings is 1. The van der Waals surface area contributed by atoms with Crippen molar-refractivity contribution in [3.8, 4) is 0 Å². The highest BCUT2D eigenvalue weighted by Gasteiger charge is 2.17. The van der Waals surface area contributed by atoms with E-state index in [2.05, 4.69) is 26.6 Å². The molecule has 0 atom stereocenters. The number of methoxy groups -OCH3 is 1. The Balaban J connectivity index is 2.06. The summed E-state index contributed by atoms with van der Waals surface area (Å²) >= 11 is 1.40. The van der Waals surface area contributed by atoms with E-state index in [4.69, 9.17) is 0 Å². The number of ether oxygens (including phenoxy) is 1. The summed E-state index contributed by atoms with van der Waals surface area (Å²) in [7, 11) is 3.52. The van der Waals surface area contributed by atoms with E-state index in [0.717, 1.165) is 37.7 Å². The van der Waals surface area contributed by atoms with Crippen molar-refractivity contribution in [2.24, 2.45) is 0 Å². The summed E-state index contributed by atoms with van der Waals surface area (Å²) in [5.74, 6) is -0.305. The van der Waals surface area contributed by atoms with Gasteiger partial charge in [0.25, 0.3) is 0 Å². The Bertz CT molecular complexity index is 394. The Morgan fingerprint density at radius 2 is 2.24 bits per heavy atom. The zero-order valence-corrected chi connectivity index (χ0v) is 11.0. The largest absolute Gasteiger partial charge is 0.465 e. The van der Waals surface area contributed by atoms with E-state index in [1.165, 1.54) is 18.4 Å². The minimum Gasteiger partial charge on any atom is -0.465 e. The molecule has 1 aliphatic rings. The fourth-order valence-electron chi connectivity index (χ4n) is 1.84. The first-order chi connectivity index (χ1) is 8.20. The minimum atomic E-state index is -0.305. The Morgan fingerprint density at radius 3 is 3.00 bits per heavy atom. The van der Waals surface area contributed by atoms with E-state index in [1.54, 1.807) is 6.20 Å². The lowest BCUT2D eigenvalue weighted by molar-refractivity contribution is 0.0606. The Hall–Kier alpha value is -1.14. The highest BCUT2D eigenvalue weighted by atomic mass is 32.1. The predicted molar refractivity (Wildman–Crippen MR) is 67.8 cm³/mol. The molecule has 0 bridgehead atoms. The van der Waals surface area contributed by atoms with Crippen molar-refractivity contribution in [2.45, 2.75) is 6.42 Å². The monoisotopic (exact) mass is 255 g/mol. The van der Waals surface area contributed by atoms with Crippen LogP contribution in [0.2, 0.25) is 0 Å². The van der Waals surface area contributed by atoms with Crippen molar-refractivity contribution < 1.29 is 9.53 Å². The molecule has 0 saturated carbocycles. The van der Waals surface area contributed by atoms with Crippen LogP contribution < -0.4 is 4.90 Å². The average molecular weight is 255 g/mol. The highest BCUT2D eigenvalue weighted by molar-refractivity contribution is 7.17. The van der Waals surface area contributed by atoms with Crippen LogP contribution >= 0.6 is 11.3 Å². The molecule has 1 fully saturated rings. The van der Waals surface area contributed by atoms with Gasteiger partial charge >= 0.3 is 5.97 Å². The minimum absolute atomic E-state index is 0.305. The summed E-state index contributed by atoms with van der Waals surface area (Å²) in [6, 6.07) is 0. The molecule has 1 aromatic rings. The van der Waals surface area contributed by atoms with Crippen molar-refractivity contribution in [1.29, 1.82) is 0 Å². The van der Waals surface area contributed by atoms with Crippen molar-refractivity contribution in [2.75, 3.05) is 45.2 Å². The number of carbonyl (C=O) groups excluding carboxylic acids is 1. The van der Waals surface area contributed by atoms with Crippen LogP contribution in [0.15, 0.2) is 6.20 Å². The Kier molecular flexibility index (Phi) is 3.96. The molecule has 17 heavy (non-hydrogen) atoms. The molecular weight excluding hydrogens is 238 g/mol. The maximum Gasteiger partial charge on any atom is 0.349 e. The molecule has 0 radical (unpaired) electrons. The molecule has 2 rings (SSSR count). The van der Waals surface area contributed by atoms with E-state index in [0.29, 0.717) is 4.88 Å². The summed E-state index contributed by atoms with van der Waals surface area (Å²) in [5.41, 5.74) is 0. The maximum atomic E-state index is 11.4. The number of esters is 1. The number of hydrogen-bond acceptors (Lipinski definition) is 6. The van der Waals surface area contributed by atoms with Crippen LogP contribution in [0.4, 0.5) is 5.13 Å². The summed E-state index contributed by atoms with van der Waals surface area (Å²) in [4.78, 5) is 20.8. The molecule has 0 amide bonds. The first-order valence-electron chi connectivity index (χ1n) is 5.68. The molecule has 94 valence electrons. The molecule has 0 N–H and O–H groups in total. The van der Waals surface area contributed by atoms with Gasteiger partial charge in [0, 0.05) is 19.6 Å². The van der Waals surface area contributed by atoms with Crippen LogP contribution in [-0.2, 0) is 4.74 Å². The van der Waals surface area contributed by atoms with Crippen molar-refractivity contribution >= 4 is 22.4 Å². The molecule has 1 aliphatic heterocycles. The van der Waals surface area contributed by atoms with Gasteiger partial charge in [0.1, 0.15) is 4.88 Å². The number of carbonyl (C=O) groups is 1. The maximum absolute atomic E-state index is 11.4. The standard InChI is InChI=1S/C11H17N3O2S/c1-13-4-3-5-14(7-6-13)11-12-8-9(17-11)10(15)16-2/h8H,3-7H2,1-2H3. The lowest BCUT2D eigenvalue weighted by Gasteiger charge is -2.18. The van der Waals surface area contributed by atoms with Crippen molar-refractivity contribution in [1.82, 2.24) is 9.88 Å². The second kappa shape index (κ2) is 5.46. The van der Waals surface area contributed by atoms with Crippen LogP contribution in [-0.4, -0.2) is 56.2 Å². The molecule has 0 aliphatic carbocycles. The van der Waals surface area contributed by atoms with Gasteiger partial charge in [-0.15, -0.1) is 0 Å². The van der Waals surface area contributed by atoms with E-state index < -0.39 is 0 Å². The van der Waals surface area contributed by atoms with E-state index in [1.807, 2.05) is 0 Å². The van der Waals surface area contributed by atoms with Gasteiger partial charge in [-0.3, -0.25) is 0 Å². The molecule has 6 heteroatoms. The van der Waals surface area contributed by atoms with Gasteiger partial charge in [0.05, 0.1) is 13.3 Å². The van der Waals surface area contributed by atoms with Crippen LogP contribution in [0.3, 0.4) is 0 Å². The van der Waals surface area contributed by atoms with E-state index in [9.17, 15) is 4.79 Å². The topological polar surface area (TPSA) is 45.7 Å². The van der Waals surface area contributed by atoms with Gasteiger partial charge in [0.15, 0.2) is 5.13 Å². The number of hydrogen-bond donors (Lipinski definition) is 0. The lowest BCUT2D eigenvalue weighted by Crippen LogP contribution is -2.28. The average Bonchev–Trinajstić information content (AvgIpc) is 2.72. The normalized spacial score (nSPS) is 17.9. The third-order valence-corrected chi connectivity index (χ3v) is 3.91. The van der Waals surface area contributed by atoms with Crippen molar-refractivity contribution in [3.63, 3.8) is 0 Å². The highest BCUT2D eigenvalue weighted by Crippen LogP contribution is 2.23. The summed E-state index contributed by atoms with van der Waals surface area (Å²) in [5, 5.41) is 0.917. The lowest BCUT2D eigenvalue weighted by atomic mass is 10.4. The molecule has 5 nitrogen and oxygen atoms in total. The van der Waals surface area contributed by atoms with E-state index in [-0.39, 0.29) is 5.97 Å². The van der Waals surface area contributed by atoms with Gasteiger partial charge in [-0.05, 0) is 20.0 Å². The fourth-order valence-corrected chi connectivity index (χ4v) is 2.73. The second-order valence-corrected chi connectivity index (χ2v) is 5.15. The molecule has 0 spiro atoms. The number of rotatable bonds is 2. The molecule has 0 unspecified atom stereocenters. The number of nitrogens with zero attached hydrogens (tertiary/aromatic N) is 3. The zero-order valence-electron chi connectivity index (χ0n) is 10.2. The zero-order chi connectivity index (χ0) is 12.3. The summed E-state index contributed by atoms with van der Waals surface area (Å²) < 4.78 is 4.68. The molecular formula is C11H17N3O2S. The predicted octanol–water partition coefficient (Wildman–Crippen LogP) is 1.07. The molecule has 1 saturated heterocycles. The Morgan fingerprint density at radius 1 is 1.41 bits per heavy atom. The molecule has 1 aromatic heterocycles. The summed E-state index contributed by atoms with van der Waals surface area (Å²) in [6.45, 7) is 4.11.